The summed E-state index contributed by atoms with van der Waals surface area (Å²) < 4.78 is 41.2. The van der Waals surface area contributed by atoms with E-state index in [4.69, 9.17) is 22.1 Å². The number of pyridine rings is 11. The molecular weight excluding hydrogens is 1790 g/mol. The lowest BCUT2D eigenvalue weighted by atomic mass is 9.99. The van der Waals surface area contributed by atoms with Crippen molar-refractivity contribution >= 4 is 110 Å². The minimum Gasteiger partial charge on any atom is -0.455 e. The molecule has 762 valence electrons. The highest BCUT2D eigenvalue weighted by Gasteiger charge is 2.28. The van der Waals surface area contributed by atoms with Gasteiger partial charge in [-0.15, -0.1) is 0 Å². The van der Waals surface area contributed by atoms with Gasteiger partial charge in [0.2, 0.25) is 39.9 Å². The molecule has 0 spiro atoms. The van der Waals surface area contributed by atoms with Crippen LogP contribution in [0, 0.1) is 34.6 Å². The summed E-state index contributed by atoms with van der Waals surface area (Å²) in [5.74, 6) is 0.642. The zero-order valence-corrected chi connectivity index (χ0v) is 94.1. The molecule has 0 unspecified atom stereocenters. The normalized spacial score (nSPS) is 9.72. The largest absolute Gasteiger partial charge is 0.455 e. The first-order valence-corrected chi connectivity index (χ1v) is 52.4. The number of nitrogens with zero attached hydrogens (tertiary/aromatic N) is 14. The first-order valence-electron chi connectivity index (χ1n) is 52.4. The minimum absolute atomic E-state index is 0.642. The van der Waals surface area contributed by atoms with E-state index in [1.54, 1.807) is 37.2 Å². The molecule has 0 fully saturated rings. The molecule has 0 atom stereocenters. The highest BCUT2D eigenvalue weighted by atomic mass is 16.4. The van der Waals surface area contributed by atoms with Crippen molar-refractivity contribution < 1.29 is 44.9 Å². The van der Waals surface area contributed by atoms with Gasteiger partial charge in [0.15, 0.2) is 64.7 Å². The molecule has 145 heavy (non-hydrogen) atoms. The summed E-state index contributed by atoms with van der Waals surface area (Å²) in [7, 11) is 10.2. The van der Waals surface area contributed by atoms with Crippen LogP contribution in [-0.4, -0.2) is 44.9 Å². The summed E-state index contributed by atoms with van der Waals surface area (Å²) in [6.07, 6.45) is 27.6. The number of rotatable bonds is 7. The zero-order chi connectivity index (χ0) is 108. The Kier molecular flexibility index (Phi) is 54.8. The van der Waals surface area contributed by atoms with E-state index in [-0.39, 0.29) is 0 Å². The number of aryl methyl sites for hydroxylation is 10. The van der Waals surface area contributed by atoms with E-state index in [1.165, 1.54) is 29.3 Å². The first-order chi connectivity index (χ1) is 71.2. The van der Waals surface area contributed by atoms with Crippen molar-refractivity contribution in [3.05, 3.63) is 327 Å². The number of furan rings is 5. The minimum atomic E-state index is 0.642. The van der Waals surface area contributed by atoms with Gasteiger partial charge in [0.05, 0.1) is 39.7 Å². The predicted octanol–water partition coefficient (Wildman–Crippen LogP) is 34.2. The predicted molar refractivity (Wildman–Crippen MR) is 615 cm³/mol. The molecule has 0 aliphatic carbocycles. The number of aromatic nitrogens is 14. The molecule has 17 aromatic heterocycles. The molecule has 0 aliphatic heterocycles. The third-order valence-electron chi connectivity index (χ3n) is 21.6. The van der Waals surface area contributed by atoms with Gasteiger partial charge in [-0.05, 0) is 147 Å². The third-order valence-corrected chi connectivity index (χ3v) is 21.6. The standard InChI is InChI=1S/C23H18N3O.C21H16N5O.3C18H15N2O.14C2H6/c1-15-8-9-17-18-6-5-12-25-23(18)27-22(17)21(15)20-14-16(10-13-26(20)2)19-7-3-4-11-24-19;1-13-5-6-15-16-4-3-8-23-21(16)27-19(15)18(13)17-10-14(7-9-26(17)2)20-24-11-22-12-25-20;1-12-8-9-13-17-15(7-5-10-19-17)21-18(13)16(12)14-6-3-4-11-20(14)2;1-12-6-7-14-13-8-9-19-11-16(13)21-18(14)17(12)15-5-3-4-10-20(15)2;1-12-6-7-13-14-11-19-9-8-16(14)21-18(13)17(12)15-5-3-4-10-20(15)2;14*1-2/h3-14H,1-2H3;3-12H,1-2H3;3*3-11H,1-2H3;14*1-2H3/q5*+1;;;;;;;;;;;;;;. The van der Waals surface area contributed by atoms with Crippen LogP contribution in [0.3, 0.4) is 0 Å². The van der Waals surface area contributed by atoms with E-state index in [1.807, 2.05) is 304 Å². The van der Waals surface area contributed by atoms with E-state index in [2.05, 4.69) is 277 Å². The Hall–Kier alpha value is -15.2. The van der Waals surface area contributed by atoms with Crippen molar-refractivity contribution in [1.82, 2.24) is 44.9 Å². The monoisotopic (exact) mass is 1950 g/mol. The van der Waals surface area contributed by atoms with Gasteiger partial charge in [-0.2, -0.15) is 0 Å². The van der Waals surface area contributed by atoms with Crippen LogP contribution < -0.4 is 22.8 Å². The fraction of sp³-hybridized carbons (Fsp3) is 0.302. The van der Waals surface area contributed by atoms with Crippen molar-refractivity contribution in [2.24, 2.45) is 35.2 Å². The molecule has 0 aliphatic rings. The van der Waals surface area contributed by atoms with Crippen molar-refractivity contribution in [3.63, 3.8) is 0 Å². The van der Waals surface area contributed by atoms with E-state index < -0.39 is 0 Å². The molecular formula is C126H163N14O5+5. The summed E-state index contributed by atoms with van der Waals surface area (Å²) >= 11 is 0. The van der Waals surface area contributed by atoms with Crippen molar-refractivity contribution in [2.75, 3.05) is 0 Å². The molecule has 0 saturated carbocycles. The van der Waals surface area contributed by atoms with Crippen LogP contribution in [0.15, 0.2) is 322 Å². The average Bonchev–Trinajstić information content (AvgIpc) is 1.66. The summed E-state index contributed by atoms with van der Waals surface area (Å²) in [4.78, 5) is 38.5. The molecule has 19 heteroatoms. The van der Waals surface area contributed by atoms with Crippen LogP contribution >= 0.6 is 0 Å². The molecule has 22 aromatic rings. The van der Waals surface area contributed by atoms with Gasteiger partial charge in [0.1, 0.15) is 70.2 Å². The van der Waals surface area contributed by atoms with Crippen LogP contribution in [0.1, 0.15) is 222 Å². The Morgan fingerprint density at radius 2 is 0.552 bits per heavy atom. The van der Waals surface area contributed by atoms with E-state index in [9.17, 15) is 0 Å². The summed E-state index contributed by atoms with van der Waals surface area (Å²) in [6.45, 7) is 66.6. The van der Waals surface area contributed by atoms with E-state index in [0.717, 1.165) is 183 Å². The van der Waals surface area contributed by atoms with Gasteiger partial charge in [0.25, 0.3) is 0 Å². The summed E-state index contributed by atoms with van der Waals surface area (Å²) in [5, 5.41) is 9.69. The lowest BCUT2D eigenvalue weighted by Crippen LogP contribution is -2.30. The van der Waals surface area contributed by atoms with Crippen molar-refractivity contribution in [1.29, 1.82) is 0 Å². The second-order valence-electron chi connectivity index (χ2n) is 29.1. The quantitative estimate of drug-likeness (QED) is 0.136. The third kappa shape index (κ3) is 28.9. The smallest absolute Gasteiger partial charge is 0.227 e. The lowest BCUT2D eigenvalue weighted by Gasteiger charge is -2.07. The van der Waals surface area contributed by atoms with Crippen LogP contribution in [0.4, 0.5) is 0 Å². The number of fused-ring (bicyclic) bond motifs is 15. The fourth-order valence-corrected chi connectivity index (χ4v) is 15.7. The number of benzene rings is 5. The van der Waals surface area contributed by atoms with Crippen molar-refractivity contribution in [3.8, 4) is 78.9 Å². The van der Waals surface area contributed by atoms with Gasteiger partial charge >= 0.3 is 0 Å². The Morgan fingerprint density at radius 1 is 0.214 bits per heavy atom. The van der Waals surface area contributed by atoms with Crippen LogP contribution in [0.2, 0.25) is 0 Å². The maximum atomic E-state index is 6.18. The van der Waals surface area contributed by atoms with Crippen LogP contribution in [-0.2, 0) is 35.2 Å². The maximum Gasteiger partial charge on any atom is 0.227 e. The van der Waals surface area contributed by atoms with Gasteiger partial charge in [0, 0.05) is 164 Å². The topological polar surface area (TPSA) is 201 Å². The molecule has 0 N–H and O–H groups in total. The molecule has 0 radical (unpaired) electrons. The summed E-state index contributed by atoms with van der Waals surface area (Å²) in [6, 6.07) is 69.9. The molecule has 19 nitrogen and oxygen atoms in total. The first kappa shape index (κ1) is 122. The Balaban J connectivity index is 0.000000356. The fourth-order valence-electron chi connectivity index (χ4n) is 15.7. The zero-order valence-electron chi connectivity index (χ0n) is 94.1. The Labute approximate surface area is 864 Å². The van der Waals surface area contributed by atoms with Crippen LogP contribution in [0.5, 0.6) is 0 Å². The number of hydrogen-bond acceptors (Lipinski definition) is 14. The van der Waals surface area contributed by atoms with E-state index in [0.29, 0.717) is 17.3 Å². The second kappa shape index (κ2) is 65.0. The number of hydrogen-bond donors (Lipinski definition) is 0. The molecule has 0 saturated heterocycles. The second-order valence-corrected chi connectivity index (χ2v) is 29.1. The summed E-state index contributed by atoms with van der Waals surface area (Å²) in [5.41, 5.74) is 29.2. The van der Waals surface area contributed by atoms with Gasteiger partial charge < -0.3 is 22.1 Å². The molecule has 0 amide bonds. The maximum absolute atomic E-state index is 6.18. The molecule has 22 rings (SSSR count). The van der Waals surface area contributed by atoms with Crippen molar-refractivity contribution in [2.45, 2.75) is 228 Å². The molecule has 0 bridgehead atoms. The highest BCUT2D eigenvalue weighted by Crippen LogP contribution is 2.43. The van der Waals surface area contributed by atoms with Gasteiger partial charge in [-0.25, -0.2) is 47.8 Å². The molecule has 17 heterocycles. The molecule has 5 aromatic carbocycles. The lowest BCUT2D eigenvalue weighted by molar-refractivity contribution is -0.660. The average molecular weight is 1950 g/mol. The highest BCUT2D eigenvalue weighted by molar-refractivity contribution is 6.13. The Bertz CT molecular complexity index is 6980. The van der Waals surface area contributed by atoms with Gasteiger partial charge in [-0.1, -0.05) is 255 Å². The van der Waals surface area contributed by atoms with Gasteiger partial charge in [-0.3, -0.25) is 19.9 Å². The van der Waals surface area contributed by atoms with Crippen LogP contribution in [0.25, 0.3) is 189 Å². The van der Waals surface area contributed by atoms with E-state index >= 15 is 0 Å². The SMILES string of the molecule is CC.CC.CC.CC.CC.CC.CC.CC.CC.CC.CC.CC.CC.CC.Cc1ccc2c(oc3cccnc32)c1-c1cccc[n+]1C.Cc1ccc2c(oc3ccncc32)c1-c1cccc[n+]1C.Cc1ccc2c(oc3cnccc32)c1-c1cccc[n+]1C.Cc1ccc2c(oc3ncccc32)c1-c1cc(-c2ccccn2)cc[n+]1C.Cc1ccc2c(oc3ncccc32)c1-c1cc(-c2ncncn2)cc[n+]1C. The Morgan fingerprint density at radius 3 is 0.986 bits per heavy atom.